The summed E-state index contributed by atoms with van der Waals surface area (Å²) in [6.45, 7) is 0. The number of hydrogen-bond donors (Lipinski definition) is 0. The molecule has 0 atom stereocenters. The Bertz CT molecular complexity index is 2890. The summed E-state index contributed by atoms with van der Waals surface area (Å²) in [6.07, 6.45) is 7.48. The number of benzene rings is 8. The zero-order valence-corrected chi connectivity index (χ0v) is 29.5. The molecule has 252 valence electrons. The fourth-order valence-corrected chi connectivity index (χ4v) is 7.92. The highest BCUT2D eigenvalue weighted by Crippen LogP contribution is 2.39. The Balaban J connectivity index is 1.02. The second kappa shape index (κ2) is 13.4. The first kappa shape index (κ1) is 31.6. The number of pyridine rings is 2. The van der Waals surface area contributed by atoms with Crippen LogP contribution in [0.3, 0.4) is 0 Å². The van der Waals surface area contributed by atoms with Gasteiger partial charge in [0.1, 0.15) is 0 Å². The average molecular weight is 687 g/mol. The first-order valence-electron chi connectivity index (χ1n) is 18.4. The van der Waals surface area contributed by atoms with Crippen LogP contribution < -0.4 is 0 Å². The van der Waals surface area contributed by atoms with Crippen LogP contribution in [0, 0.1) is 0 Å². The summed E-state index contributed by atoms with van der Waals surface area (Å²) in [5.74, 6) is 0. The monoisotopic (exact) mass is 686 g/mol. The van der Waals surface area contributed by atoms with Crippen LogP contribution in [0.25, 0.3) is 99.1 Å². The van der Waals surface area contributed by atoms with Crippen molar-refractivity contribution in [3.05, 3.63) is 207 Å². The maximum absolute atomic E-state index is 4.40. The molecule has 2 heteroatoms. The van der Waals surface area contributed by atoms with Gasteiger partial charge in [-0.15, -0.1) is 0 Å². The van der Waals surface area contributed by atoms with Crippen LogP contribution >= 0.6 is 0 Å². The molecule has 0 spiro atoms. The van der Waals surface area contributed by atoms with Gasteiger partial charge >= 0.3 is 0 Å². The Hall–Kier alpha value is -7.16. The molecule has 0 bridgehead atoms. The lowest BCUT2D eigenvalue weighted by Gasteiger charge is -2.13. The van der Waals surface area contributed by atoms with Crippen molar-refractivity contribution >= 4 is 32.3 Å². The minimum Gasteiger partial charge on any atom is -0.264 e. The number of nitrogens with zero attached hydrogens (tertiary/aromatic N) is 2. The minimum absolute atomic E-state index is 1.08. The van der Waals surface area contributed by atoms with Crippen LogP contribution in [0.1, 0.15) is 0 Å². The molecule has 0 fully saturated rings. The van der Waals surface area contributed by atoms with Gasteiger partial charge < -0.3 is 0 Å². The summed E-state index contributed by atoms with van der Waals surface area (Å²) in [6, 6.07) is 66.1. The van der Waals surface area contributed by atoms with E-state index in [-0.39, 0.29) is 0 Å². The van der Waals surface area contributed by atoms with E-state index in [1.165, 1.54) is 65.7 Å². The summed E-state index contributed by atoms with van der Waals surface area (Å²) in [4.78, 5) is 8.79. The van der Waals surface area contributed by atoms with Gasteiger partial charge in [0.05, 0.1) is 0 Å². The molecule has 10 rings (SSSR count). The Morgan fingerprint density at radius 3 is 0.926 bits per heavy atom. The SMILES string of the molecule is c1cncc(-c2cc(-c3cccnc3)cc(-c3cccc(-c4cccc(-c5cccc(-c6ccc7c8ccccc8c8ccccc8c7c6)c5)c4)c3)c2)c1. The highest BCUT2D eigenvalue weighted by atomic mass is 14.6. The van der Waals surface area contributed by atoms with Crippen LogP contribution in [-0.2, 0) is 0 Å². The summed E-state index contributed by atoms with van der Waals surface area (Å²) >= 11 is 0. The van der Waals surface area contributed by atoms with Crippen molar-refractivity contribution in [3.8, 4) is 66.8 Å². The lowest BCUT2D eigenvalue weighted by atomic mass is 9.91. The lowest BCUT2D eigenvalue weighted by molar-refractivity contribution is 1.32. The molecule has 0 aliphatic rings. The van der Waals surface area contributed by atoms with Gasteiger partial charge in [-0.25, -0.2) is 0 Å². The molecule has 0 aliphatic carbocycles. The van der Waals surface area contributed by atoms with E-state index in [0.29, 0.717) is 0 Å². The molecule has 8 aromatic carbocycles. The van der Waals surface area contributed by atoms with Crippen molar-refractivity contribution in [1.82, 2.24) is 9.97 Å². The molecule has 2 heterocycles. The van der Waals surface area contributed by atoms with E-state index in [0.717, 1.165) is 33.4 Å². The molecule has 0 saturated heterocycles. The number of aromatic nitrogens is 2. The van der Waals surface area contributed by atoms with Crippen molar-refractivity contribution < 1.29 is 0 Å². The number of hydrogen-bond acceptors (Lipinski definition) is 2. The van der Waals surface area contributed by atoms with Crippen molar-refractivity contribution in [2.24, 2.45) is 0 Å². The lowest BCUT2D eigenvalue weighted by Crippen LogP contribution is -1.88. The van der Waals surface area contributed by atoms with Crippen LogP contribution in [0.2, 0.25) is 0 Å². The van der Waals surface area contributed by atoms with E-state index in [9.17, 15) is 0 Å². The molecule has 0 saturated carbocycles. The van der Waals surface area contributed by atoms with Gasteiger partial charge in [-0.2, -0.15) is 0 Å². The number of fused-ring (bicyclic) bond motifs is 6. The smallest absolute Gasteiger partial charge is 0.0346 e. The highest BCUT2D eigenvalue weighted by molar-refractivity contribution is 6.25. The van der Waals surface area contributed by atoms with Crippen molar-refractivity contribution in [2.75, 3.05) is 0 Å². The average Bonchev–Trinajstić information content (AvgIpc) is 3.27. The third-order valence-electron chi connectivity index (χ3n) is 10.6. The standard InChI is InChI=1S/C52H34N2/c1-2-20-49-47(18-1)48-19-3-4-21-50(48)52-32-41(22-23-51(49)52)39-14-6-12-37(27-39)35-10-5-11-36(26-35)38-13-7-15-40(28-38)44-29-45(42-16-8-24-53-33-42)31-46(30-44)43-17-9-25-54-34-43/h1-34H. The topological polar surface area (TPSA) is 25.8 Å². The molecule has 2 nitrogen and oxygen atoms in total. The van der Waals surface area contributed by atoms with Gasteiger partial charge in [-0.1, -0.05) is 127 Å². The van der Waals surface area contributed by atoms with E-state index in [1.54, 1.807) is 0 Å². The summed E-state index contributed by atoms with van der Waals surface area (Å²) in [7, 11) is 0. The zero-order chi connectivity index (χ0) is 35.8. The van der Waals surface area contributed by atoms with Gasteiger partial charge in [-0.3, -0.25) is 9.97 Å². The maximum Gasteiger partial charge on any atom is 0.0346 e. The fourth-order valence-electron chi connectivity index (χ4n) is 7.92. The second-order valence-corrected chi connectivity index (χ2v) is 13.9. The van der Waals surface area contributed by atoms with E-state index in [4.69, 9.17) is 0 Å². The van der Waals surface area contributed by atoms with E-state index in [1.807, 2.05) is 36.9 Å². The van der Waals surface area contributed by atoms with E-state index < -0.39 is 0 Å². The zero-order valence-electron chi connectivity index (χ0n) is 29.5. The Labute approximate surface area is 314 Å². The van der Waals surface area contributed by atoms with Crippen molar-refractivity contribution in [2.45, 2.75) is 0 Å². The van der Waals surface area contributed by atoms with E-state index >= 15 is 0 Å². The number of rotatable bonds is 6. The Morgan fingerprint density at radius 2 is 0.519 bits per heavy atom. The van der Waals surface area contributed by atoms with Gasteiger partial charge in [-0.05, 0) is 143 Å². The Kier molecular flexibility index (Phi) is 7.85. The fraction of sp³-hybridized carbons (Fsp3) is 0. The normalized spacial score (nSPS) is 11.3. The first-order valence-corrected chi connectivity index (χ1v) is 18.4. The first-order chi connectivity index (χ1) is 26.7. The summed E-state index contributed by atoms with van der Waals surface area (Å²) < 4.78 is 0. The summed E-state index contributed by atoms with van der Waals surface area (Å²) in [5, 5.41) is 7.75. The molecule has 0 unspecified atom stereocenters. The third-order valence-corrected chi connectivity index (χ3v) is 10.6. The Morgan fingerprint density at radius 1 is 0.204 bits per heavy atom. The molecular formula is C52H34N2. The van der Waals surface area contributed by atoms with Gasteiger partial charge in [0.15, 0.2) is 0 Å². The molecule has 2 aromatic heterocycles. The second-order valence-electron chi connectivity index (χ2n) is 13.9. The van der Waals surface area contributed by atoms with Crippen LogP contribution in [-0.4, -0.2) is 9.97 Å². The third kappa shape index (κ3) is 5.81. The van der Waals surface area contributed by atoms with Crippen LogP contribution in [0.15, 0.2) is 207 Å². The van der Waals surface area contributed by atoms with Crippen molar-refractivity contribution in [3.63, 3.8) is 0 Å². The van der Waals surface area contributed by atoms with Gasteiger partial charge in [0, 0.05) is 35.9 Å². The predicted octanol–water partition coefficient (Wildman–Crippen LogP) is 13.9. The van der Waals surface area contributed by atoms with Crippen molar-refractivity contribution in [1.29, 1.82) is 0 Å². The quantitative estimate of drug-likeness (QED) is 0.163. The molecular weight excluding hydrogens is 653 g/mol. The highest BCUT2D eigenvalue weighted by Gasteiger charge is 2.12. The molecule has 0 radical (unpaired) electrons. The minimum atomic E-state index is 1.08. The molecule has 54 heavy (non-hydrogen) atoms. The van der Waals surface area contributed by atoms with Crippen LogP contribution in [0.4, 0.5) is 0 Å². The largest absolute Gasteiger partial charge is 0.264 e. The molecule has 10 aromatic rings. The molecule has 0 amide bonds. The van der Waals surface area contributed by atoms with Gasteiger partial charge in [0.25, 0.3) is 0 Å². The predicted molar refractivity (Wildman–Crippen MR) is 227 cm³/mol. The molecule has 0 aliphatic heterocycles. The summed E-state index contributed by atoms with van der Waals surface area (Å²) in [5.41, 5.74) is 13.9. The van der Waals surface area contributed by atoms with Gasteiger partial charge in [0.2, 0.25) is 0 Å². The maximum atomic E-state index is 4.40. The van der Waals surface area contributed by atoms with Crippen LogP contribution in [0.5, 0.6) is 0 Å². The van der Waals surface area contributed by atoms with E-state index in [2.05, 4.69) is 180 Å². The molecule has 0 N–H and O–H groups in total.